The van der Waals surface area contributed by atoms with E-state index in [4.69, 9.17) is 21.1 Å². The van der Waals surface area contributed by atoms with Gasteiger partial charge in [0.25, 0.3) is 0 Å². The molecule has 1 aromatic heterocycles. The van der Waals surface area contributed by atoms with Crippen molar-refractivity contribution >= 4 is 34.4 Å². The second-order valence-electron chi connectivity index (χ2n) is 4.93. The van der Waals surface area contributed by atoms with Crippen molar-refractivity contribution in [2.75, 3.05) is 14.2 Å². The van der Waals surface area contributed by atoms with Crippen LogP contribution in [-0.4, -0.2) is 31.1 Å². The Morgan fingerprint density at radius 1 is 1.25 bits per heavy atom. The highest BCUT2D eigenvalue weighted by atomic mass is 35.5. The third-order valence-electron chi connectivity index (χ3n) is 3.33. The lowest BCUT2D eigenvalue weighted by Gasteiger charge is -2.19. The van der Waals surface area contributed by atoms with Gasteiger partial charge in [-0.15, -0.1) is 0 Å². The highest BCUT2D eigenvalue weighted by molar-refractivity contribution is 6.30. The summed E-state index contributed by atoms with van der Waals surface area (Å²) in [5.74, 6) is -0.664. The molecule has 7 heteroatoms. The molecule has 1 aromatic carbocycles. The summed E-state index contributed by atoms with van der Waals surface area (Å²) in [5, 5.41) is 0.813. The van der Waals surface area contributed by atoms with Crippen LogP contribution in [0, 0.1) is 0 Å². The van der Waals surface area contributed by atoms with E-state index in [1.165, 1.54) is 14.0 Å². The molecule has 0 spiro atoms. The van der Waals surface area contributed by atoms with Gasteiger partial charge in [0, 0.05) is 17.9 Å². The Morgan fingerprint density at radius 3 is 2.54 bits per heavy atom. The van der Waals surface area contributed by atoms with E-state index in [0.717, 1.165) is 0 Å². The van der Waals surface area contributed by atoms with Crippen molar-refractivity contribution < 1.29 is 23.8 Å². The monoisotopic (exact) mass is 349 g/mol. The third-order valence-corrected chi connectivity index (χ3v) is 3.64. The van der Waals surface area contributed by atoms with E-state index in [1.807, 2.05) is 0 Å². The fourth-order valence-electron chi connectivity index (χ4n) is 2.18. The van der Waals surface area contributed by atoms with Gasteiger partial charge in [0.1, 0.15) is 10.9 Å². The van der Waals surface area contributed by atoms with E-state index < -0.39 is 18.0 Å². The van der Waals surface area contributed by atoms with E-state index in [-0.39, 0.29) is 10.7 Å². The average molecular weight is 350 g/mol. The van der Waals surface area contributed by atoms with Crippen LogP contribution in [-0.2, 0) is 19.1 Å². The molecule has 0 saturated heterocycles. The zero-order valence-electron chi connectivity index (χ0n) is 13.5. The first-order chi connectivity index (χ1) is 11.4. The molecule has 0 aliphatic rings. The first-order valence-corrected chi connectivity index (χ1v) is 7.33. The zero-order valence-corrected chi connectivity index (χ0v) is 14.2. The molecule has 6 nitrogen and oxygen atoms in total. The molecule has 2 aromatic rings. The van der Waals surface area contributed by atoms with Crippen LogP contribution < -0.4 is 4.74 Å². The van der Waals surface area contributed by atoms with Gasteiger partial charge in [0.15, 0.2) is 6.10 Å². The summed E-state index contributed by atoms with van der Waals surface area (Å²) < 4.78 is 15.0. The highest BCUT2D eigenvalue weighted by Gasteiger charge is 2.27. The van der Waals surface area contributed by atoms with Crippen molar-refractivity contribution in [3.8, 4) is 5.75 Å². The van der Waals surface area contributed by atoms with Crippen molar-refractivity contribution in [1.82, 2.24) is 4.98 Å². The molecule has 0 radical (unpaired) electrons. The molecule has 24 heavy (non-hydrogen) atoms. The van der Waals surface area contributed by atoms with Gasteiger partial charge in [-0.25, -0.2) is 9.78 Å². The summed E-state index contributed by atoms with van der Waals surface area (Å²) in [4.78, 5) is 27.5. The fourth-order valence-corrected chi connectivity index (χ4v) is 2.43. The molecule has 0 N–H and O–H groups in total. The number of nitrogens with zero attached hydrogens (tertiary/aromatic N) is 1. The first kappa shape index (κ1) is 17.7. The number of hydrogen-bond acceptors (Lipinski definition) is 6. The minimum Gasteiger partial charge on any atom is -0.497 e. The molecule has 0 aliphatic carbocycles. The minimum atomic E-state index is -1.09. The molecule has 0 fully saturated rings. The highest BCUT2D eigenvalue weighted by Crippen LogP contribution is 2.33. The maximum atomic E-state index is 11.8. The maximum absolute atomic E-state index is 11.8. The molecule has 2 rings (SSSR count). The SMILES string of the molecule is C=C(C(=O)OC)C(OC(C)=O)c1cc2cc(OC)ccc2nc1Cl. The van der Waals surface area contributed by atoms with Crippen molar-refractivity contribution in [2.45, 2.75) is 13.0 Å². The van der Waals surface area contributed by atoms with Gasteiger partial charge < -0.3 is 14.2 Å². The van der Waals surface area contributed by atoms with Crippen LogP contribution in [0.1, 0.15) is 18.6 Å². The number of methoxy groups -OCH3 is 2. The molecule has 1 unspecified atom stereocenters. The topological polar surface area (TPSA) is 74.7 Å². The molecule has 1 atom stereocenters. The summed E-state index contributed by atoms with van der Waals surface area (Å²) in [6.45, 7) is 4.87. The van der Waals surface area contributed by atoms with Crippen molar-refractivity contribution in [2.24, 2.45) is 0 Å². The average Bonchev–Trinajstić information content (AvgIpc) is 2.57. The van der Waals surface area contributed by atoms with Gasteiger partial charge >= 0.3 is 11.9 Å². The summed E-state index contributed by atoms with van der Waals surface area (Å²) >= 11 is 6.22. The van der Waals surface area contributed by atoms with E-state index >= 15 is 0 Å². The molecule has 0 amide bonds. The van der Waals surface area contributed by atoms with Crippen LogP contribution in [0.15, 0.2) is 36.4 Å². The van der Waals surface area contributed by atoms with E-state index in [9.17, 15) is 9.59 Å². The molecule has 0 bridgehead atoms. The second kappa shape index (κ2) is 7.31. The van der Waals surface area contributed by atoms with E-state index in [2.05, 4.69) is 16.3 Å². The number of benzene rings is 1. The number of carbonyl (C=O) groups excluding carboxylic acids is 2. The van der Waals surface area contributed by atoms with Gasteiger partial charge in [0.2, 0.25) is 0 Å². The Labute approximate surface area is 144 Å². The predicted molar refractivity (Wildman–Crippen MR) is 89.0 cm³/mol. The smallest absolute Gasteiger partial charge is 0.337 e. The van der Waals surface area contributed by atoms with Gasteiger partial charge in [0.05, 0.1) is 25.3 Å². The van der Waals surface area contributed by atoms with Crippen molar-refractivity contribution in [1.29, 1.82) is 0 Å². The predicted octanol–water partition coefficient (Wildman–Crippen LogP) is 3.23. The standard InChI is InChI=1S/C17H16ClNO5/c1-9(17(21)23-4)15(24-10(2)20)13-8-11-7-12(22-3)5-6-14(11)19-16(13)18/h5-8,15H,1H2,2-4H3. The summed E-state index contributed by atoms with van der Waals surface area (Å²) in [5.41, 5.74) is 0.913. The number of aromatic nitrogens is 1. The number of rotatable bonds is 5. The lowest BCUT2D eigenvalue weighted by atomic mass is 10.0. The number of halogens is 1. The van der Waals surface area contributed by atoms with Gasteiger partial charge in [-0.05, 0) is 24.3 Å². The lowest BCUT2D eigenvalue weighted by Crippen LogP contribution is -2.18. The summed E-state index contributed by atoms with van der Waals surface area (Å²) in [6, 6.07) is 6.94. The Morgan fingerprint density at radius 2 is 1.96 bits per heavy atom. The Balaban J connectivity index is 2.59. The van der Waals surface area contributed by atoms with E-state index in [1.54, 1.807) is 31.4 Å². The maximum Gasteiger partial charge on any atom is 0.337 e. The molecule has 0 saturated carbocycles. The normalized spacial score (nSPS) is 11.7. The van der Waals surface area contributed by atoms with Crippen LogP contribution in [0.5, 0.6) is 5.75 Å². The molecular formula is C17H16ClNO5. The number of fused-ring (bicyclic) bond motifs is 1. The number of hydrogen-bond donors (Lipinski definition) is 0. The van der Waals surface area contributed by atoms with Crippen LogP contribution in [0.2, 0.25) is 5.15 Å². The second-order valence-corrected chi connectivity index (χ2v) is 5.29. The number of ether oxygens (including phenoxy) is 3. The number of pyridine rings is 1. The summed E-state index contributed by atoms with van der Waals surface area (Å²) in [7, 11) is 2.76. The van der Waals surface area contributed by atoms with Crippen LogP contribution in [0.25, 0.3) is 10.9 Å². The molecule has 0 aliphatic heterocycles. The minimum absolute atomic E-state index is 0.0568. The Hall–Kier alpha value is -2.60. The Kier molecular flexibility index (Phi) is 5.41. The van der Waals surface area contributed by atoms with Crippen molar-refractivity contribution in [3.05, 3.63) is 47.1 Å². The first-order valence-electron chi connectivity index (χ1n) is 6.96. The van der Waals surface area contributed by atoms with Gasteiger partial charge in [-0.1, -0.05) is 18.2 Å². The zero-order chi connectivity index (χ0) is 17.9. The molecule has 126 valence electrons. The quantitative estimate of drug-likeness (QED) is 0.468. The van der Waals surface area contributed by atoms with Crippen molar-refractivity contribution in [3.63, 3.8) is 0 Å². The van der Waals surface area contributed by atoms with Crippen LogP contribution in [0.3, 0.4) is 0 Å². The van der Waals surface area contributed by atoms with Crippen LogP contribution >= 0.6 is 11.6 Å². The van der Waals surface area contributed by atoms with Gasteiger partial charge in [-0.3, -0.25) is 4.79 Å². The van der Waals surface area contributed by atoms with E-state index in [0.29, 0.717) is 22.2 Å². The summed E-state index contributed by atoms with van der Waals surface area (Å²) in [6.07, 6.45) is -1.09. The Bertz CT molecular complexity index is 818. The number of carbonyl (C=O) groups is 2. The lowest BCUT2D eigenvalue weighted by molar-refractivity contribution is -0.147. The largest absolute Gasteiger partial charge is 0.497 e. The van der Waals surface area contributed by atoms with Crippen LogP contribution in [0.4, 0.5) is 0 Å². The number of esters is 2. The fraction of sp³-hybridized carbons (Fsp3) is 0.235. The van der Waals surface area contributed by atoms with Gasteiger partial charge in [-0.2, -0.15) is 0 Å². The molecular weight excluding hydrogens is 334 g/mol. The third kappa shape index (κ3) is 3.65. The molecule has 1 heterocycles.